The van der Waals surface area contributed by atoms with E-state index in [1.807, 2.05) is 6.92 Å². The van der Waals surface area contributed by atoms with E-state index >= 15 is 0 Å². The lowest BCUT2D eigenvalue weighted by molar-refractivity contribution is -0.161. The van der Waals surface area contributed by atoms with Gasteiger partial charge in [-0.05, 0) is 19.3 Å². The van der Waals surface area contributed by atoms with Crippen molar-refractivity contribution in [1.82, 2.24) is 0 Å². The molecular weight excluding hydrogens is 280 g/mol. The van der Waals surface area contributed by atoms with Crippen LogP contribution in [0.4, 0.5) is 0 Å². The molecule has 1 unspecified atom stereocenters. The summed E-state index contributed by atoms with van der Waals surface area (Å²) in [6.07, 6.45) is 13.3. The van der Waals surface area contributed by atoms with Gasteiger partial charge in [0.25, 0.3) is 0 Å². The van der Waals surface area contributed by atoms with Crippen LogP contribution in [-0.2, 0) is 19.1 Å². The summed E-state index contributed by atoms with van der Waals surface area (Å²) in [5.74, 6) is -0.901. The second-order valence-corrected chi connectivity index (χ2v) is 5.92. The molecule has 0 rings (SSSR count). The van der Waals surface area contributed by atoms with Gasteiger partial charge in [0.05, 0.1) is 0 Å². The topological polar surface area (TPSA) is 52.6 Å². The van der Waals surface area contributed by atoms with Crippen LogP contribution in [0, 0.1) is 0 Å². The Morgan fingerprint density at radius 1 is 0.864 bits per heavy atom. The molecule has 0 aliphatic carbocycles. The summed E-state index contributed by atoms with van der Waals surface area (Å²) < 4.78 is 9.94. The zero-order valence-electron chi connectivity index (χ0n) is 14.7. The van der Waals surface area contributed by atoms with Gasteiger partial charge < -0.3 is 9.47 Å². The maximum Gasteiger partial charge on any atom is 0.344 e. The van der Waals surface area contributed by atoms with E-state index in [1.165, 1.54) is 58.3 Å². The fourth-order valence-corrected chi connectivity index (χ4v) is 2.41. The highest BCUT2D eigenvalue weighted by Gasteiger charge is 2.13. The van der Waals surface area contributed by atoms with Crippen LogP contribution in [0.1, 0.15) is 91.4 Å². The monoisotopic (exact) mass is 314 g/mol. The number of hydrogen-bond donors (Lipinski definition) is 0. The van der Waals surface area contributed by atoms with Crippen molar-refractivity contribution >= 4 is 11.9 Å². The van der Waals surface area contributed by atoms with Crippen molar-refractivity contribution in [3.63, 3.8) is 0 Å². The van der Waals surface area contributed by atoms with Crippen LogP contribution in [0.5, 0.6) is 0 Å². The molecule has 0 N–H and O–H groups in total. The third-order valence-corrected chi connectivity index (χ3v) is 3.78. The number of rotatable bonds is 14. The van der Waals surface area contributed by atoms with Crippen molar-refractivity contribution in [1.29, 1.82) is 0 Å². The highest BCUT2D eigenvalue weighted by atomic mass is 16.6. The van der Waals surface area contributed by atoms with Crippen molar-refractivity contribution in [3.8, 4) is 0 Å². The van der Waals surface area contributed by atoms with Gasteiger partial charge in [0.2, 0.25) is 0 Å². The van der Waals surface area contributed by atoms with Gasteiger partial charge in [-0.1, -0.05) is 65.2 Å². The molecule has 0 aromatic heterocycles. The molecule has 4 nitrogen and oxygen atoms in total. The Morgan fingerprint density at radius 3 is 1.91 bits per heavy atom. The molecule has 0 amide bonds. The Kier molecular flexibility index (Phi) is 14.1. The third kappa shape index (κ3) is 13.9. The molecule has 0 spiro atoms. The number of hydrogen-bond acceptors (Lipinski definition) is 4. The second-order valence-electron chi connectivity index (χ2n) is 5.92. The molecule has 130 valence electrons. The van der Waals surface area contributed by atoms with E-state index in [-0.39, 0.29) is 12.7 Å². The molecule has 0 aromatic carbocycles. The zero-order valence-corrected chi connectivity index (χ0v) is 14.7. The molecule has 0 saturated carbocycles. The number of carbonyl (C=O) groups excluding carboxylic acids is 2. The van der Waals surface area contributed by atoms with E-state index in [0.717, 1.165) is 19.3 Å². The Hall–Kier alpha value is -1.06. The van der Waals surface area contributed by atoms with Gasteiger partial charge in [0.15, 0.2) is 6.61 Å². The first kappa shape index (κ1) is 20.9. The van der Waals surface area contributed by atoms with E-state index in [1.54, 1.807) is 0 Å². The summed E-state index contributed by atoms with van der Waals surface area (Å²) >= 11 is 0. The van der Waals surface area contributed by atoms with E-state index in [0.29, 0.717) is 0 Å². The van der Waals surface area contributed by atoms with Crippen LogP contribution in [0.25, 0.3) is 0 Å². The van der Waals surface area contributed by atoms with E-state index < -0.39 is 11.9 Å². The van der Waals surface area contributed by atoms with Gasteiger partial charge >= 0.3 is 11.9 Å². The van der Waals surface area contributed by atoms with E-state index in [4.69, 9.17) is 4.74 Å². The summed E-state index contributed by atoms with van der Waals surface area (Å²) in [6, 6.07) is 0. The minimum atomic E-state index is -0.455. The Labute approximate surface area is 135 Å². The first-order valence-electron chi connectivity index (χ1n) is 8.93. The normalized spacial score (nSPS) is 12.0. The van der Waals surface area contributed by atoms with Crippen LogP contribution in [0.3, 0.4) is 0 Å². The van der Waals surface area contributed by atoms with E-state index in [2.05, 4.69) is 11.7 Å². The SMILES string of the molecule is CCCCCCCCCCCC(CC)OC(=O)COC(C)=O. The minimum Gasteiger partial charge on any atom is -0.460 e. The van der Waals surface area contributed by atoms with Gasteiger partial charge in [-0.3, -0.25) is 4.79 Å². The Morgan fingerprint density at radius 2 is 1.41 bits per heavy atom. The highest BCUT2D eigenvalue weighted by molar-refractivity contribution is 5.75. The van der Waals surface area contributed by atoms with Crippen molar-refractivity contribution in [2.24, 2.45) is 0 Å². The average molecular weight is 314 g/mol. The quantitative estimate of drug-likeness (QED) is 0.341. The van der Waals surface area contributed by atoms with Gasteiger partial charge in [-0.25, -0.2) is 4.79 Å². The van der Waals surface area contributed by atoms with Crippen molar-refractivity contribution in [3.05, 3.63) is 0 Å². The van der Waals surface area contributed by atoms with Gasteiger partial charge in [-0.2, -0.15) is 0 Å². The summed E-state index contributed by atoms with van der Waals surface area (Å²) in [5.41, 5.74) is 0. The van der Waals surface area contributed by atoms with Crippen molar-refractivity contribution in [2.75, 3.05) is 6.61 Å². The first-order chi connectivity index (χ1) is 10.6. The summed E-state index contributed by atoms with van der Waals surface area (Å²) in [6.45, 7) is 5.26. The number of esters is 2. The molecule has 0 bridgehead atoms. The van der Waals surface area contributed by atoms with Gasteiger partial charge in [-0.15, -0.1) is 0 Å². The predicted molar refractivity (Wildman–Crippen MR) is 88.6 cm³/mol. The van der Waals surface area contributed by atoms with Crippen LogP contribution < -0.4 is 0 Å². The maximum absolute atomic E-state index is 11.5. The van der Waals surface area contributed by atoms with Gasteiger partial charge in [0, 0.05) is 6.92 Å². The molecule has 0 heterocycles. The lowest BCUT2D eigenvalue weighted by Gasteiger charge is -2.16. The zero-order chi connectivity index (χ0) is 16.6. The third-order valence-electron chi connectivity index (χ3n) is 3.78. The summed E-state index contributed by atoms with van der Waals surface area (Å²) in [5, 5.41) is 0. The number of carbonyl (C=O) groups is 2. The number of ether oxygens (including phenoxy) is 2. The van der Waals surface area contributed by atoms with Crippen LogP contribution in [-0.4, -0.2) is 24.6 Å². The lowest BCUT2D eigenvalue weighted by Crippen LogP contribution is -2.22. The molecule has 0 aliphatic heterocycles. The largest absolute Gasteiger partial charge is 0.460 e. The standard InChI is InChI=1S/C18H34O4/c1-4-6-7-8-9-10-11-12-13-14-17(5-2)22-18(20)15-21-16(3)19/h17H,4-15H2,1-3H3. The first-order valence-corrected chi connectivity index (χ1v) is 8.93. The van der Waals surface area contributed by atoms with Crippen LogP contribution in [0.15, 0.2) is 0 Å². The van der Waals surface area contributed by atoms with E-state index in [9.17, 15) is 9.59 Å². The lowest BCUT2D eigenvalue weighted by atomic mass is 10.0. The molecule has 0 saturated heterocycles. The molecule has 0 aromatic rings. The minimum absolute atomic E-state index is 0.0485. The molecule has 0 fully saturated rings. The molecule has 22 heavy (non-hydrogen) atoms. The van der Waals surface area contributed by atoms with Crippen molar-refractivity contribution in [2.45, 2.75) is 97.5 Å². The highest BCUT2D eigenvalue weighted by Crippen LogP contribution is 2.14. The molecule has 4 heteroatoms. The maximum atomic E-state index is 11.5. The fraction of sp³-hybridized carbons (Fsp3) is 0.889. The van der Waals surface area contributed by atoms with Gasteiger partial charge in [0.1, 0.15) is 6.10 Å². The summed E-state index contributed by atoms with van der Waals surface area (Å²) in [7, 11) is 0. The van der Waals surface area contributed by atoms with Crippen molar-refractivity contribution < 1.29 is 19.1 Å². The fourth-order valence-electron chi connectivity index (χ4n) is 2.41. The average Bonchev–Trinajstić information content (AvgIpc) is 2.50. The Balaban J connectivity index is 3.53. The summed E-state index contributed by atoms with van der Waals surface area (Å²) in [4.78, 5) is 22.1. The second kappa shape index (κ2) is 14.9. The molecule has 1 atom stereocenters. The number of unbranched alkanes of at least 4 members (excludes halogenated alkanes) is 8. The predicted octanol–water partition coefficient (Wildman–Crippen LogP) is 4.79. The Bertz CT molecular complexity index is 289. The molecule has 0 radical (unpaired) electrons. The smallest absolute Gasteiger partial charge is 0.344 e. The van der Waals surface area contributed by atoms with Crippen LogP contribution >= 0.6 is 0 Å². The molecular formula is C18H34O4. The van der Waals surface area contributed by atoms with Crippen LogP contribution in [0.2, 0.25) is 0 Å². The molecule has 0 aliphatic rings.